The Bertz CT molecular complexity index is 373. The fourth-order valence-electron chi connectivity index (χ4n) is 3.76. The Morgan fingerprint density at radius 3 is 2.48 bits per heavy atom. The van der Waals surface area contributed by atoms with E-state index in [1.54, 1.807) is 7.11 Å². The first-order valence-electron chi connectivity index (χ1n) is 10.5. The molecule has 162 valence electrons. The Morgan fingerprint density at radius 1 is 1.15 bits per heavy atom. The zero-order chi connectivity index (χ0) is 19.2. The first kappa shape index (κ1) is 26.9. The van der Waals surface area contributed by atoms with Crippen molar-refractivity contribution in [3.63, 3.8) is 0 Å². The van der Waals surface area contributed by atoms with Crippen LogP contribution in [0.2, 0.25) is 0 Å². The number of methoxy groups -OCH3 is 1. The van der Waals surface area contributed by atoms with E-state index in [1.807, 2.05) is 0 Å². The van der Waals surface area contributed by atoms with Crippen LogP contribution in [0.3, 0.4) is 0 Å². The third kappa shape index (κ3) is 13.7. The number of guanidine groups is 1. The summed E-state index contributed by atoms with van der Waals surface area (Å²) >= 11 is 0. The average Bonchev–Trinajstić information content (AvgIpc) is 2.58. The van der Waals surface area contributed by atoms with E-state index in [0.717, 1.165) is 70.0 Å². The molecule has 1 fully saturated rings. The summed E-state index contributed by atoms with van der Waals surface area (Å²) in [4.78, 5) is 9.68. The van der Waals surface area contributed by atoms with E-state index in [2.05, 4.69) is 48.3 Å². The lowest BCUT2D eigenvalue weighted by molar-refractivity contribution is 0.140. The second kappa shape index (κ2) is 16.8. The van der Waals surface area contributed by atoms with E-state index in [0.29, 0.717) is 0 Å². The highest BCUT2D eigenvalue weighted by atomic mass is 127. The van der Waals surface area contributed by atoms with Crippen LogP contribution in [0.25, 0.3) is 0 Å². The molecule has 0 spiro atoms. The number of hydrogen-bond donors (Lipinski definition) is 2. The van der Waals surface area contributed by atoms with E-state index < -0.39 is 0 Å². The van der Waals surface area contributed by atoms with Gasteiger partial charge in [-0.3, -0.25) is 4.99 Å². The van der Waals surface area contributed by atoms with Crippen LogP contribution in [-0.4, -0.2) is 88.9 Å². The number of ether oxygens (including phenoxy) is 1. The van der Waals surface area contributed by atoms with Gasteiger partial charge in [0.05, 0.1) is 0 Å². The Labute approximate surface area is 184 Å². The first-order valence-corrected chi connectivity index (χ1v) is 10.5. The van der Waals surface area contributed by atoms with Gasteiger partial charge >= 0.3 is 0 Å². The Kier molecular flexibility index (Phi) is 16.7. The smallest absolute Gasteiger partial charge is 0.191 e. The maximum Gasteiger partial charge on any atom is 0.191 e. The second-order valence-electron chi connectivity index (χ2n) is 7.90. The van der Waals surface area contributed by atoms with Crippen molar-refractivity contribution in [1.82, 2.24) is 20.4 Å². The molecule has 2 unspecified atom stereocenters. The van der Waals surface area contributed by atoms with Gasteiger partial charge in [0, 0.05) is 59.5 Å². The van der Waals surface area contributed by atoms with Crippen LogP contribution in [0.1, 0.15) is 40.0 Å². The van der Waals surface area contributed by atoms with Gasteiger partial charge in [-0.25, -0.2) is 0 Å². The summed E-state index contributed by atoms with van der Waals surface area (Å²) in [6.07, 6.45) is 3.59. The standard InChI is InChI=1S/C20H43N5O.HI/c1-6-21-20(23-10-13-24(4)11-8-14-26-5)22-9-7-12-25-16-18(2)15-19(3)17-25;/h18-19H,6-17H2,1-5H3,(H2,21,22,23);1H. The zero-order valence-electron chi connectivity index (χ0n) is 18.3. The Morgan fingerprint density at radius 2 is 1.85 bits per heavy atom. The Balaban J connectivity index is 0.00000676. The van der Waals surface area contributed by atoms with E-state index in [4.69, 9.17) is 9.73 Å². The van der Waals surface area contributed by atoms with Gasteiger partial charge in [0.2, 0.25) is 0 Å². The third-order valence-corrected chi connectivity index (χ3v) is 4.87. The molecule has 27 heavy (non-hydrogen) atoms. The molecular weight excluding hydrogens is 453 g/mol. The molecule has 2 atom stereocenters. The van der Waals surface area contributed by atoms with Gasteiger partial charge in [0.1, 0.15) is 0 Å². The minimum Gasteiger partial charge on any atom is -0.385 e. The summed E-state index contributed by atoms with van der Waals surface area (Å²) in [6, 6.07) is 0. The fourth-order valence-corrected chi connectivity index (χ4v) is 3.76. The molecule has 1 aliphatic heterocycles. The minimum absolute atomic E-state index is 0. The van der Waals surface area contributed by atoms with Crippen molar-refractivity contribution in [2.24, 2.45) is 16.8 Å². The van der Waals surface area contributed by atoms with Gasteiger partial charge < -0.3 is 25.2 Å². The number of piperidine rings is 1. The lowest BCUT2D eigenvalue weighted by atomic mass is 9.92. The van der Waals surface area contributed by atoms with Crippen LogP contribution >= 0.6 is 24.0 Å². The van der Waals surface area contributed by atoms with Crippen molar-refractivity contribution >= 4 is 29.9 Å². The van der Waals surface area contributed by atoms with Crippen molar-refractivity contribution in [1.29, 1.82) is 0 Å². The van der Waals surface area contributed by atoms with E-state index in [9.17, 15) is 0 Å². The fraction of sp³-hybridized carbons (Fsp3) is 0.950. The van der Waals surface area contributed by atoms with E-state index in [1.165, 1.54) is 26.1 Å². The molecule has 0 radical (unpaired) electrons. The summed E-state index contributed by atoms with van der Waals surface area (Å²) in [5.41, 5.74) is 0. The van der Waals surface area contributed by atoms with E-state index >= 15 is 0 Å². The van der Waals surface area contributed by atoms with Crippen LogP contribution in [0.5, 0.6) is 0 Å². The molecule has 0 aromatic carbocycles. The molecule has 7 heteroatoms. The van der Waals surface area contributed by atoms with Gasteiger partial charge in [-0.15, -0.1) is 24.0 Å². The van der Waals surface area contributed by atoms with Gasteiger partial charge in [-0.1, -0.05) is 13.8 Å². The third-order valence-electron chi connectivity index (χ3n) is 4.87. The van der Waals surface area contributed by atoms with Crippen molar-refractivity contribution in [2.45, 2.75) is 40.0 Å². The minimum atomic E-state index is 0. The van der Waals surface area contributed by atoms with Crippen molar-refractivity contribution < 1.29 is 4.74 Å². The molecule has 0 aliphatic carbocycles. The van der Waals surface area contributed by atoms with Gasteiger partial charge in [-0.05, 0) is 51.6 Å². The van der Waals surface area contributed by atoms with Gasteiger partial charge in [-0.2, -0.15) is 0 Å². The predicted molar refractivity (Wildman–Crippen MR) is 127 cm³/mol. The zero-order valence-corrected chi connectivity index (χ0v) is 20.6. The van der Waals surface area contributed by atoms with Crippen LogP contribution < -0.4 is 10.6 Å². The van der Waals surface area contributed by atoms with Crippen LogP contribution in [0.4, 0.5) is 0 Å². The van der Waals surface area contributed by atoms with Crippen LogP contribution in [-0.2, 0) is 4.74 Å². The molecular formula is C20H44IN5O. The lowest BCUT2D eigenvalue weighted by Crippen LogP contribution is -2.41. The number of rotatable bonds is 12. The summed E-state index contributed by atoms with van der Waals surface area (Å²) in [5.74, 6) is 2.61. The summed E-state index contributed by atoms with van der Waals surface area (Å²) in [5, 5.41) is 6.79. The van der Waals surface area contributed by atoms with Gasteiger partial charge in [0.15, 0.2) is 5.96 Å². The highest BCUT2D eigenvalue weighted by Gasteiger charge is 2.20. The Hall–Kier alpha value is -0.120. The highest BCUT2D eigenvalue weighted by molar-refractivity contribution is 14.0. The topological polar surface area (TPSA) is 52.1 Å². The van der Waals surface area contributed by atoms with Crippen molar-refractivity contribution in [3.05, 3.63) is 0 Å². The van der Waals surface area contributed by atoms with Crippen LogP contribution in [0.15, 0.2) is 4.99 Å². The van der Waals surface area contributed by atoms with Crippen LogP contribution in [0, 0.1) is 11.8 Å². The molecule has 2 N–H and O–H groups in total. The normalized spacial score (nSPS) is 21.2. The predicted octanol–water partition coefficient (Wildman–Crippen LogP) is 2.50. The monoisotopic (exact) mass is 497 g/mol. The number of halogens is 1. The molecule has 0 bridgehead atoms. The highest BCUT2D eigenvalue weighted by Crippen LogP contribution is 2.20. The SMILES string of the molecule is CCNC(=NCCCN1CC(C)CC(C)C1)NCCN(C)CCCOC.I. The lowest BCUT2D eigenvalue weighted by Gasteiger charge is -2.34. The number of aliphatic imine (C=N–C) groups is 1. The number of nitrogens with one attached hydrogen (secondary N) is 2. The molecule has 1 heterocycles. The van der Waals surface area contributed by atoms with Crippen molar-refractivity contribution in [3.8, 4) is 0 Å². The molecule has 0 saturated carbocycles. The molecule has 6 nitrogen and oxygen atoms in total. The molecule has 1 saturated heterocycles. The van der Waals surface area contributed by atoms with E-state index in [-0.39, 0.29) is 24.0 Å². The summed E-state index contributed by atoms with van der Waals surface area (Å²) in [7, 11) is 3.91. The van der Waals surface area contributed by atoms with Gasteiger partial charge in [0.25, 0.3) is 0 Å². The molecule has 0 amide bonds. The molecule has 1 rings (SSSR count). The maximum absolute atomic E-state index is 5.10. The quantitative estimate of drug-likeness (QED) is 0.188. The average molecular weight is 498 g/mol. The number of likely N-dealkylation sites (tertiary alicyclic amines) is 1. The molecule has 0 aromatic rings. The number of likely N-dealkylation sites (N-methyl/N-ethyl adjacent to an activating group) is 1. The number of nitrogens with zero attached hydrogens (tertiary/aromatic N) is 3. The first-order chi connectivity index (χ1) is 12.5. The largest absolute Gasteiger partial charge is 0.385 e. The second-order valence-corrected chi connectivity index (χ2v) is 7.90. The summed E-state index contributed by atoms with van der Waals surface area (Å²) in [6.45, 7) is 16.1. The number of hydrogen-bond acceptors (Lipinski definition) is 4. The summed E-state index contributed by atoms with van der Waals surface area (Å²) < 4.78 is 5.10. The molecule has 1 aliphatic rings. The molecule has 0 aromatic heterocycles. The van der Waals surface area contributed by atoms with Crippen molar-refractivity contribution in [2.75, 3.05) is 73.1 Å². The maximum atomic E-state index is 5.10.